The van der Waals surface area contributed by atoms with E-state index in [9.17, 15) is 9.90 Å². The molecule has 1 aliphatic heterocycles. The molecule has 0 spiro atoms. The first-order valence-electron chi connectivity index (χ1n) is 5.86. The van der Waals surface area contributed by atoms with Crippen molar-refractivity contribution in [2.75, 3.05) is 6.61 Å². The van der Waals surface area contributed by atoms with Gasteiger partial charge in [-0.3, -0.25) is 4.79 Å². The predicted molar refractivity (Wildman–Crippen MR) is 71.6 cm³/mol. The topological polar surface area (TPSA) is 46.5 Å². The van der Waals surface area contributed by atoms with Crippen molar-refractivity contribution < 1.29 is 14.6 Å². The Morgan fingerprint density at radius 1 is 1.16 bits per heavy atom. The van der Waals surface area contributed by atoms with Crippen LogP contribution in [0.1, 0.15) is 15.9 Å². The summed E-state index contributed by atoms with van der Waals surface area (Å²) in [6, 6.07) is 13.6. The molecule has 0 radical (unpaired) electrons. The van der Waals surface area contributed by atoms with Gasteiger partial charge in [-0.2, -0.15) is 0 Å². The molecule has 1 heterocycles. The van der Waals surface area contributed by atoms with Gasteiger partial charge in [-0.05, 0) is 23.8 Å². The lowest BCUT2D eigenvalue weighted by Gasteiger charge is -2.32. The molecular weight excluding hydrogens is 264 g/mol. The number of rotatable bonds is 1. The fourth-order valence-corrected chi connectivity index (χ4v) is 2.38. The Morgan fingerprint density at radius 3 is 2.63 bits per heavy atom. The second-order valence-corrected chi connectivity index (χ2v) is 4.92. The van der Waals surface area contributed by atoms with E-state index in [-0.39, 0.29) is 12.4 Å². The number of ketones is 1. The molecule has 4 heteroatoms. The van der Waals surface area contributed by atoms with Crippen molar-refractivity contribution in [3.05, 3.63) is 64.7 Å². The van der Waals surface area contributed by atoms with Gasteiger partial charge in [0.15, 0.2) is 5.60 Å². The third-order valence-electron chi connectivity index (χ3n) is 3.25. The van der Waals surface area contributed by atoms with E-state index in [1.807, 2.05) is 6.07 Å². The minimum Gasteiger partial charge on any atom is -0.489 e. The second-order valence-electron chi connectivity index (χ2n) is 4.48. The number of carbonyl (C=O) groups is 1. The maximum absolute atomic E-state index is 12.5. The predicted octanol–water partition coefficient (Wildman–Crippen LogP) is 2.80. The van der Waals surface area contributed by atoms with Gasteiger partial charge >= 0.3 is 0 Å². The van der Waals surface area contributed by atoms with Crippen LogP contribution >= 0.6 is 11.6 Å². The van der Waals surface area contributed by atoms with Gasteiger partial charge in [0, 0.05) is 5.02 Å². The summed E-state index contributed by atoms with van der Waals surface area (Å²) in [5.41, 5.74) is -0.824. The third-order valence-corrected chi connectivity index (χ3v) is 3.48. The lowest BCUT2D eigenvalue weighted by Crippen LogP contribution is -2.44. The molecule has 0 bridgehead atoms. The number of hydrogen-bond acceptors (Lipinski definition) is 3. The average Bonchev–Trinajstić information content (AvgIpc) is 2.45. The SMILES string of the molecule is O=C1c2cc(Cl)ccc2OC[C@]1(O)c1ccccc1. The summed E-state index contributed by atoms with van der Waals surface area (Å²) in [7, 11) is 0. The molecule has 19 heavy (non-hydrogen) atoms. The van der Waals surface area contributed by atoms with E-state index in [1.54, 1.807) is 36.4 Å². The highest BCUT2D eigenvalue weighted by Gasteiger charge is 2.43. The van der Waals surface area contributed by atoms with E-state index in [0.717, 1.165) is 0 Å². The van der Waals surface area contributed by atoms with E-state index in [4.69, 9.17) is 16.3 Å². The van der Waals surface area contributed by atoms with Crippen molar-refractivity contribution in [2.45, 2.75) is 5.60 Å². The van der Waals surface area contributed by atoms with Crippen molar-refractivity contribution in [3.63, 3.8) is 0 Å². The molecule has 0 saturated carbocycles. The second kappa shape index (κ2) is 4.37. The Balaban J connectivity index is 2.11. The minimum atomic E-state index is -1.65. The van der Waals surface area contributed by atoms with Crippen LogP contribution in [0.2, 0.25) is 5.02 Å². The first kappa shape index (κ1) is 12.2. The number of ether oxygens (including phenoxy) is 1. The molecular formula is C15H11ClO3. The zero-order valence-electron chi connectivity index (χ0n) is 9.97. The monoisotopic (exact) mass is 274 g/mol. The molecule has 2 aromatic rings. The van der Waals surface area contributed by atoms with E-state index in [1.165, 1.54) is 6.07 Å². The Bertz CT molecular complexity index is 639. The zero-order chi connectivity index (χ0) is 13.5. The summed E-state index contributed by atoms with van der Waals surface area (Å²) >= 11 is 5.89. The van der Waals surface area contributed by atoms with Crippen LogP contribution in [0.5, 0.6) is 5.75 Å². The number of Topliss-reactive ketones (excluding diaryl/α,β-unsaturated/α-hetero) is 1. The van der Waals surface area contributed by atoms with Gasteiger partial charge in [0.05, 0.1) is 5.56 Å². The summed E-state index contributed by atoms with van der Waals surface area (Å²) in [6.45, 7) is -0.0928. The zero-order valence-corrected chi connectivity index (χ0v) is 10.7. The summed E-state index contributed by atoms with van der Waals surface area (Å²) < 4.78 is 5.49. The van der Waals surface area contributed by atoms with Crippen LogP contribution in [-0.4, -0.2) is 17.5 Å². The van der Waals surface area contributed by atoms with Crippen LogP contribution < -0.4 is 4.74 Å². The van der Waals surface area contributed by atoms with Gasteiger partial charge in [-0.25, -0.2) is 0 Å². The van der Waals surface area contributed by atoms with Crippen LogP contribution in [-0.2, 0) is 5.60 Å². The van der Waals surface area contributed by atoms with Gasteiger partial charge in [-0.15, -0.1) is 0 Å². The number of fused-ring (bicyclic) bond motifs is 1. The smallest absolute Gasteiger partial charge is 0.206 e. The number of aliphatic hydroxyl groups is 1. The van der Waals surface area contributed by atoms with Crippen LogP contribution in [0.25, 0.3) is 0 Å². The molecule has 1 atom stereocenters. The first-order chi connectivity index (χ1) is 9.11. The van der Waals surface area contributed by atoms with Gasteiger partial charge in [0.2, 0.25) is 5.78 Å². The molecule has 0 amide bonds. The number of carbonyl (C=O) groups excluding carboxylic acids is 1. The molecule has 0 unspecified atom stereocenters. The Hall–Kier alpha value is -1.84. The quantitative estimate of drug-likeness (QED) is 0.870. The van der Waals surface area contributed by atoms with Crippen LogP contribution in [0.15, 0.2) is 48.5 Å². The maximum Gasteiger partial charge on any atom is 0.206 e. The largest absolute Gasteiger partial charge is 0.489 e. The molecule has 2 aromatic carbocycles. The molecule has 1 aliphatic rings. The van der Waals surface area contributed by atoms with E-state index in [0.29, 0.717) is 21.9 Å². The lowest BCUT2D eigenvalue weighted by atomic mass is 9.84. The van der Waals surface area contributed by atoms with Crippen LogP contribution in [0, 0.1) is 0 Å². The van der Waals surface area contributed by atoms with Crippen LogP contribution in [0.4, 0.5) is 0 Å². The molecule has 0 saturated heterocycles. The highest BCUT2D eigenvalue weighted by Crippen LogP contribution is 2.36. The molecule has 3 rings (SSSR count). The first-order valence-corrected chi connectivity index (χ1v) is 6.24. The van der Waals surface area contributed by atoms with E-state index < -0.39 is 5.60 Å². The molecule has 1 N–H and O–H groups in total. The summed E-state index contributed by atoms with van der Waals surface area (Å²) in [5, 5.41) is 11.1. The fourth-order valence-electron chi connectivity index (χ4n) is 2.20. The normalized spacial score (nSPS) is 21.7. The summed E-state index contributed by atoms with van der Waals surface area (Å²) in [4.78, 5) is 12.5. The van der Waals surface area contributed by atoms with Gasteiger partial charge < -0.3 is 9.84 Å². The summed E-state index contributed by atoms with van der Waals surface area (Å²) in [5.74, 6) is 0.0671. The molecule has 0 aliphatic carbocycles. The lowest BCUT2D eigenvalue weighted by molar-refractivity contribution is -0.00504. The number of benzene rings is 2. The van der Waals surface area contributed by atoms with Crippen molar-refractivity contribution in [1.82, 2.24) is 0 Å². The highest BCUT2D eigenvalue weighted by atomic mass is 35.5. The average molecular weight is 275 g/mol. The van der Waals surface area contributed by atoms with Gasteiger partial charge in [0.1, 0.15) is 12.4 Å². The maximum atomic E-state index is 12.5. The van der Waals surface area contributed by atoms with Gasteiger partial charge in [0.25, 0.3) is 0 Å². The highest BCUT2D eigenvalue weighted by molar-refractivity contribution is 6.31. The summed E-state index contributed by atoms with van der Waals surface area (Å²) in [6.07, 6.45) is 0. The fraction of sp³-hybridized carbons (Fsp3) is 0.133. The Morgan fingerprint density at radius 2 is 1.89 bits per heavy atom. The molecule has 0 fully saturated rings. The minimum absolute atomic E-state index is 0.0928. The van der Waals surface area contributed by atoms with Crippen molar-refractivity contribution in [3.8, 4) is 5.75 Å². The molecule has 0 aromatic heterocycles. The van der Waals surface area contributed by atoms with Gasteiger partial charge in [-0.1, -0.05) is 41.9 Å². The standard InChI is InChI=1S/C15H11ClO3/c16-11-6-7-13-12(8-11)14(17)15(18,9-19-13)10-4-2-1-3-5-10/h1-8,18H,9H2/t15-/m0/s1. The number of halogens is 1. The molecule has 96 valence electrons. The Kier molecular flexibility index (Phi) is 2.81. The van der Waals surface area contributed by atoms with Crippen molar-refractivity contribution >= 4 is 17.4 Å². The van der Waals surface area contributed by atoms with E-state index >= 15 is 0 Å². The Labute approximate surface area is 115 Å². The van der Waals surface area contributed by atoms with Crippen molar-refractivity contribution in [2.24, 2.45) is 0 Å². The third kappa shape index (κ3) is 1.91. The molecule has 3 nitrogen and oxygen atoms in total. The van der Waals surface area contributed by atoms with Crippen LogP contribution in [0.3, 0.4) is 0 Å². The number of hydrogen-bond donors (Lipinski definition) is 1. The van der Waals surface area contributed by atoms with E-state index in [2.05, 4.69) is 0 Å². The van der Waals surface area contributed by atoms with Crippen molar-refractivity contribution in [1.29, 1.82) is 0 Å².